The van der Waals surface area contributed by atoms with Gasteiger partial charge in [0, 0.05) is 39.4 Å². The van der Waals surface area contributed by atoms with Gasteiger partial charge in [-0.1, -0.05) is 18.2 Å². The highest BCUT2D eigenvalue weighted by atomic mass is 16.5. The molecule has 3 N–H and O–H groups in total. The Kier molecular flexibility index (Phi) is 8.60. The summed E-state index contributed by atoms with van der Waals surface area (Å²) in [5, 5.41) is 16.5. The molecule has 0 saturated carbocycles. The number of phenols is 1. The molecule has 4 heterocycles. The number of aryl methyl sites for hydroxylation is 1. The lowest BCUT2D eigenvalue weighted by atomic mass is 9.87. The minimum atomic E-state index is -0.388. The van der Waals surface area contributed by atoms with Crippen LogP contribution in [0.1, 0.15) is 49.9 Å². The number of aromatic hydroxyl groups is 1. The van der Waals surface area contributed by atoms with Crippen LogP contribution >= 0.6 is 0 Å². The lowest BCUT2D eigenvalue weighted by Gasteiger charge is -2.38. The van der Waals surface area contributed by atoms with E-state index in [4.69, 9.17) is 19.2 Å². The Morgan fingerprint density at radius 2 is 1.92 bits per heavy atom. The largest absolute Gasteiger partial charge is 0.507 e. The average molecular weight is 648 g/mol. The maximum absolute atomic E-state index is 14.4. The fourth-order valence-corrected chi connectivity index (χ4v) is 6.40. The predicted octanol–water partition coefficient (Wildman–Crippen LogP) is 5.43. The molecule has 11 heteroatoms. The van der Waals surface area contributed by atoms with Gasteiger partial charge in [-0.3, -0.25) is 9.59 Å². The third-order valence-electron chi connectivity index (χ3n) is 8.82. The summed E-state index contributed by atoms with van der Waals surface area (Å²) in [6, 6.07) is 23.6. The van der Waals surface area contributed by atoms with Gasteiger partial charge >= 0.3 is 0 Å². The number of hydrogen-bond donors (Lipinski definition) is 3. The van der Waals surface area contributed by atoms with Crippen molar-refractivity contribution < 1.29 is 28.9 Å². The second kappa shape index (κ2) is 13.3. The number of benzene rings is 4. The summed E-state index contributed by atoms with van der Waals surface area (Å²) in [5.41, 5.74) is 5.32. The fraction of sp³-hybridized carbons (Fsp3) is 0.270. The highest BCUT2D eigenvalue weighted by molar-refractivity contribution is 5.98. The Balaban J connectivity index is 1.26. The van der Waals surface area contributed by atoms with Gasteiger partial charge in [-0.2, -0.15) is 0 Å². The van der Waals surface area contributed by atoms with E-state index in [2.05, 4.69) is 10.6 Å². The third kappa shape index (κ3) is 6.12. The van der Waals surface area contributed by atoms with Gasteiger partial charge in [0.2, 0.25) is 5.95 Å². The van der Waals surface area contributed by atoms with E-state index in [0.717, 1.165) is 27.7 Å². The number of imidazole rings is 1. The second-order valence-electron chi connectivity index (χ2n) is 11.9. The van der Waals surface area contributed by atoms with Gasteiger partial charge in [0.25, 0.3) is 11.8 Å². The molecular weight excluding hydrogens is 610 g/mol. The van der Waals surface area contributed by atoms with E-state index in [9.17, 15) is 14.7 Å². The Morgan fingerprint density at radius 3 is 2.79 bits per heavy atom. The molecule has 0 spiro atoms. The molecule has 8 rings (SSSR count). The Bertz CT molecular complexity index is 2010. The summed E-state index contributed by atoms with van der Waals surface area (Å²) in [5.74, 6) is 1.81. The monoisotopic (exact) mass is 647 g/mol. The van der Waals surface area contributed by atoms with Gasteiger partial charge < -0.3 is 39.4 Å². The standard InChI is InChI=1S/C37H37N5O6/c1-41-32-11-7-25(21-31(32)40-37(41)39-15-18-46-2)36(45)42-16-13-23-19-27-8-10-29(23)34(42)24-5-3-6-26(20-24)47-17-4-14-38-35(44)30-22-28(48-27)9-12-33(30)43/h3,5-12,19-22,34,43H,4,13-18H2,1-2H3,(H,38,44)(H,39,40). The number of nitrogens with one attached hydrogen (secondary N) is 2. The normalized spacial score (nSPS) is 16.0. The average Bonchev–Trinajstić information content (AvgIpc) is 3.41. The molecular formula is C37H37N5O6. The molecule has 0 radical (unpaired) electrons. The van der Waals surface area contributed by atoms with E-state index in [1.165, 1.54) is 12.1 Å². The fourth-order valence-electron chi connectivity index (χ4n) is 6.40. The van der Waals surface area contributed by atoms with Gasteiger partial charge in [0.05, 0.1) is 35.9 Å². The highest BCUT2D eigenvalue weighted by Gasteiger charge is 2.33. The highest BCUT2D eigenvalue weighted by Crippen LogP contribution is 2.40. The van der Waals surface area contributed by atoms with Crippen LogP contribution in [0, 0.1) is 0 Å². The molecule has 48 heavy (non-hydrogen) atoms. The molecule has 1 unspecified atom stereocenters. The van der Waals surface area contributed by atoms with Crippen LogP contribution in [0.15, 0.2) is 78.9 Å². The van der Waals surface area contributed by atoms with Crippen LogP contribution in [0.2, 0.25) is 0 Å². The number of carbonyl (C=O) groups excluding carboxylic acids is 2. The first-order valence-corrected chi connectivity index (χ1v) is 16.0. The van der Waals surface area contributed by atoms with E-state index in [0.29, 0.717) is 74.5 Å². The van der Waals surface area contributed by atoms with Crippen molar-refractivity contribution in [3.8, 4) is 23.0 Å². The lowest BCUT2D eigenvalue weighted by Crippen LogP contribution is -2.40. The maximum atomic E-state index is 14.4. The molecule has 3 aliphatic heterocycles. The number of carbonyl (C=O) groups is 2. The van der Waals surface area contributed by atoms with E-state index in [1.54, 1.807) is 13.2 Å². The molecule has 4 aromatic carbocycles. The minimum absolute atomic E-state index is 0.0896. The summed E-state index contributed by atoms with van der Waals surface area (Å²) in [6.45, 7) is 2.40. The smallest absolute Gasteiger partial charge is 0.255 e. The molecule has 0 fully saturated rings. The van der Waals surface area contributed by atoms with Gasteiger partial charge in [0.1, 0.15) is 23.0 Å². The summed E-state index contributed by atoms with van der Waals surface area (Å²) < 4.78 is 19.4. The van der Waals surface area contributed by atoms with E-state index >= 15 is 0 Å². The first kappa shape index (κ1) is 31.1. The molecule has 0 aliphatic carbocycles. The number of nitrogens with zero attached hydrogens (tertiary/aromatic N) is 3. The number of phenolic OH excluding ortho intramolecular Hbond substituents is 1. The summed E-state index contributed by atoms with van der Waals surface area (Å²) in [6.07, 6.45) is 1.18. The molecule has 1 atom stereocenters. The Labute approximate surface area is 278 Å². The van der Waals surface area contributed by atoms with Crippen LogP contribution in [0.5, 0.6) is 23.0 Å². The first-order valence-electron chi connectivity index (χ1n) is 16.0. The van der Waals surface area contributed by atoms with Crippen molar-refractivity contribution in [3.05, 3.63) is 107 Å². The molecule has 2 amide bonds. The molecule has 11 nitrogen and oxygen atoms in total. The third-order valence-corrected chi connectivity index (χ3v) is 8.82. The van der Waals surface area contributed by atoms with Crippen LogP contribution in [0.4, 0.5) is 5.95 Å². The summed E-state index contributed by atoms with van der Waals surface area (Å²) in [7, 11) is 3.60. The molecule has 5 aromatic rings. The number of aromatic nitrogens is 2. The number of amides is 2. The van der Waals surface area contributed by atoms with Crippen molar-refractivity contribution in [1.82, 2.24) is 19.8 Å². The zero-order valence-electron chi connectivity index (χ0n) is 26.9. The predicted molar refractivity (Wildman–Crippen MR) is 181 cm³/mol. The van der Waals surface area contributed by atoms with Crippen LogP contribution in [-0.2, 0) is 18.2 Å². The van der Waals surface area contributed by atoms with Crippen molar-refractivity contribution >= 4 is 28.8 Å². The van der Waals surface area contributed by atoms with Crippen molar-refractivity contribution in [2.45, 2.75) is 18.9 Å². The number of fused-ring (bicyclic) bond motifs is 7. The SMILES string of the molecule is COCCNc1nc2cc(C(=O)N3CCc4cc5ccc4C3c3cccc(c3)OCCCNC(=O)c3cc(ccc3O)O5)ccc2n1C. The van der Waals surface area contributed by atoms with Gasteiger partial charge in [-0.15, -0.1) is 0 Å². The summed E-state index contributed by atoms with van der Waals surface area (Å²) >= 11 is 0. The number of methoxy groups -OCH3 is 1. The maximum Gasteiger partial charge on any atom is 0.255 e. The van der Waals surface area contributed by atoms with E-state index in [-0.39, 0.29) is 29.2 Å². The number of ether oxygens (including phenoxy) is 3. The van der Waals surface area contributed by atoms with E-state index in [1.807, 2.05) is 77.2 Å². The molecule has 8 bridgehead atoms. The first-order chi connectivity index (χ1) is 23.4. The quantitative estimate of drug-likeness (QED) is 0.216. The van der Waals surface area contributed by atoms with Crippen LogP contribution in [0.3, 0.4) is 0 Å². The second-order valence-corrected chi connectivity index (χ2v) is 11.9. The minimum Gasteiger partial charge on any atom is -0.507 e. The van der Waals surface area contributed by atoms with Crippen molar-refractivity contribution in [3.63, 3.8) is 0 Å². The molecule has 3 aliphatic rings. The number of rotatable bonds is 5. The molecule has 246 valence electrons. The zero-order chi connectivity index (χ0) is 33.2. The van der Waals surface area contributed by atoms with Crippen LogP contribution in [0.25, 0.3) is 11.0 Å². The lowest BCUT2D eigenvalue weighted by molar-refractivity contribution is 0.0694. The Hall–Kier alpha value is -5.55. The molecule has 1 aromatic heterocycles. The zero-order valence-corrected chi connectivity index (χ0v) is 26.9. The van der Waals surface area contributed by atoms with Gasteiger partial charge in [-0.25, -0.2) is 4.98 Å². The summed E-state index contributed by atoms with van der Waals surface area (Å²) in [4.78, 5) is 33.9. The number of anilines is 1. The Morgan fingerprint density at radius 1 is 1.06 bits per heavy atom. The van der Waals surface area contributed by atoms with E-state index < -0.39 is 0 Å². The van der Waals surface area contributed by atoms with Crippen LogP contribution in [-0.4, -0.2) is 71.3 Å². The van der Waals surface area contributed by atoms with Crippen molar-refractivity contribution in [2.24, 2.45) is 7.05 Å². The molecule has 0 saturated heterocycles. The van der Waals surface area contributed by atoms with Crippen molar-refractivity contribution in [1.29, 1.82) is 0 Å². The van der Waals surface area contributed by atoms with Crippen LogP contribution < -0.4 is 20.1 Å². The van der Waals surface area contributed by atoms with Crippen molar-refractivity contribution in [2.75, 3.05) is 45.3 Å². The van der Waals surface area contributed by atoms with Gasteiger partial charge in [0.15, 0.2) is 0 Å². The van der Waals surface area contributed by atoms with Gasteiger partial charge in [-0.05, 0) is 90.2 Å². The topological polar surface area (TPSA) is 127 Å². The number of hydrogen-bond acceptors (Lipinski definition) is 8.